The molecule has 4 nitrogen and oxygen atoms in total. The van der Waals surface area contributed by atoms with E-state index in [1.54, 1.807) is 23.9 Å². The molecular formula is C11H17N3OS. The molecule has 0 aliphatic carbocycles. The second kappa shape index (κ2) is 6.40. The van der Waals surface area contributed by atoms with Crippen LogP contribution >= 0.6 is 11.8 Å². The predicted molar refractivity (Wildman–Crippen MR) is 69.7 cm³/mol. The Morgan fingerprint density at radius 1 is 1.50 bits per heavy atom. The summed E-state index contributed by atoms with van der Waals surface area (Å²) in [7, 11) is 0. The molecular weight excluding hydrogens is 222 g/mol. The molecule has 0 radical (unpaired) electrons. The van der Waals surface area contributed by atoms with Crippen LogP contribution in [0.2, 0.25) is 0 Å². The van der Waals surface area contributed by atoms with Crippen LogP contribution in [-0.2, 0) is 0 Å². The Hall–Kier alpha value is -1.20. The molecule has 16 heavy (non-hydrogen) atoms. The van der Waals surface area contributed by atoms with Crippen LogP contribution < -0.4 is 16.6 Å². The molecule has 0 aliphatic rings. The monoisotopic (exact) mass is 239 g/mol. The fourth-order valence-electron chi connectivity index (χ4n) is 1.37. The van der Waals surface area contributed by atoms with Crippen molar-refractivity contribution in [2.45, 2.75) is 6.92 Å². The summed E-state index contributed by atoms with van der Waals surface area (Å²) in [5.41, 5.74) is 4.96. The third kappa shape index (κ3) is 3.43. The van der Waals surface area contributed by atoms with Crippen LogP contribution in [0.5, 0.6) is 0 Å². The first-order chi connectivity index (χ1) is 7.69. The number of thioether (sulfide) groups is 1. The van der Waals surface area contributed by atoms with E-state index in [0.29, 0.717) is 12.1 Å². The van der Waals surface area contributed by atoms with Crippen LogP contribution in [0.3, 0.4) is 0 Å². The van der Waals surface area contributed by atoms with Gasteiger partial charge in [-0.3, -0.25) is 10.6 Å². The Bertz CT molecular complexity index is 368. The van der Waals surface area contributed by atoms with Crippen LogP contribution in [0, 0.1) is 6.92 Å². The molecule has 0 atom stereocenters. The Morgan fingerprint density at radius 2 is 2.25 bits per heavy atom. The molecule has 0 saturated heterocycles. The molecule has 1 rings (SSSR count). The molecule has 1 aromatic carbocycles. The summed E-state index contributed by atoms with van der Waals surface area (Å²) in [6.07, 6.45) is 2.01. The Labute approximate surface area is 100.0 Å². The third-order valence-electron chi connectivity index (χ3n) is 2.23. The van der Waals surface area contributed by atoms with Crippen LogP contribution in [0.15, 0.2) is 18.2 Å². The quantitative estimate of drug-likeness (QED) is 0.412. The van der Waals surface area contributed by atoms with Gasteiger partial charge in [-0.25, -0.2) is 0 Å². The summed E-state index contributed by atoms with van der Waals surface area (Å²) in [4.78, 5) is 11.8. The van der Waals surface area contributed by atoms with E-state index in [1.807, 2.05) is 19.2 Å². The van der Waals surface area contributed by atoms with Gasteiger partial charge in [-0.1, -0.05) is 0 Å². The average Bonchev–Trinajstić information content (AvgIpc) is 2.29. The molecule has 1 aromatic rings. The van der Waals surface area contributed by atoms with E-state index in [1.165, 1.54) is 0 Å². The summed E-state index contributed by atoms with van der Waals surface area (Å²) in [6, 6.07) is 5.42. The number of anilines is 1. The number of hydrogen-bond acceptors (Lipinski definition) is 4. The van der Waals surface area contributed by atoms with E-state index in [4.69, 9.17) is 5.84 Å². The average molecular weight is 239 g/mol. The lowest BCUT2D eigenvalue weighted by atomic mass is 10.1. The topological polar surface area (TPSA) is 67.2 Å². The molecule has 0 heterocycles. The second-order valence-corrected chi connectivity index (χ2v) is 4.41. The van der Waals surface area contributed by atoms with Gasteiger partial charge < -0.3 is 10.7 Å². The van der Waals surface area contributed by atoms with Gasteiger partial charge in [0, 0.05) is 23.5 Å². The molecule has 0 spiro atoms. The number of amides is 1. The van der Waals surface area contributed by atoms with Gasteiger partial charge >= 0.3 is 0 Å². The lowest BCUT2D eigenvalue weighted by Gasteiger charge is -2.08. The number of hydrazine groups is 1. The van der Waals surface area contributed by atoms with Gasteiger partial charge in [0.2, 0.25) is 0 Å². The molecule has 0 fully saturated rings. The summed E-state index contributed by atoms with van der Waals surface area (Å²) < 4.78 is 0. The molecule has 4 N–H and O–H groups in total. The maximum atomic E-state index is 11.8. The number of benzene rings is 1. The van der Waals surface area contributed by atoms with E-state index in [9.17, 15) is 4.79 Å². The maximum absolute atomic E-state index is 11.8. The van der Waals surface area contributed by atoms with Crippen molar-refractivity contribution in [1.29, 1.82) is 0 Å². The molecule has 88 valence electrons. The van der Waals surface area contributed by atoms with Crippen molar-refractivity contribution >= 4 is 23.4 Å². The number of aryl methyl sites for hydroxylation is 1. The van der Waals surface area contributed by atoms with E-state index in [2.05, 4.69) is 10.7 Å². The summed E-state index contributed by atoms with van der Waals surface area (Å²) in [5, 5.41) is 2.87. The smallest absolute Gasteiger partial charge is 0.251 e. The van der Waals surface area contributed by atoms with Crippen molar-refractivity contribution < 1.29 is 4.79 Å². The minimum absolute atomic E-state index is 0.0323. The van der Waals surface area contributed by atoms with Crippen LogP contribution in [0.4, 0.5) is 5.69 Å². The predicted octanol–water partition coefficient (Wildman–Crippen LogP) is 1.37. The van der Waals surface area contributed by atoms with Gasteiger partial charge in [0.15, 0.2) is 0 Å². The van der Waals surface area contributed by atoms with Gasteiger partial charge in [-0.2, -0.15) is 11.8 Å². The van der Waals surface area contributed by atoms with Crippen molar-refractivity contribution in [3.05, 3.63) is 29.3 Å². The number of nitrogens with two attached hydrogens (primary N) is 1. The SMILES string of the molecule is CSCCNC(=O)c1ccc(NN)cc1C. The van der Waals surface area contributed by atoms with Crippen LogP contribution in [0.1, 0.15) is 15.9 Å². The second-order valence-electron chi connectivity index (χ2n) is 3.42. The maximum Gasteiger partial charge on any atom is 0.251 e. The minimum atomic E-state index is -0.0323. The Morgan fingerprint density at radius 3 is 2.81 bits per heavy atom. The number of carbonyl (C=O) groups is 1. The lowest BCUT2D eigenvalue weighted by molar-refractivity contribution is 0.0955. The Kier molecular flexibility index (Phi) is 5.14. The lowest BCUT2D eigenvalue weighted by Crippen LogP contribution is -2.26. The number of nitrogen functional groups attached to an aromatic ring is 1. The van der Waals surface area contributed by atoms with Crippen LogP contribution in [-0.4, -0.2) is 24.5 Å². The van der Waals surface area contributed by atoms with Gasteiger partial charge in [-0.15, -0.1) is 0 Å². The minimum Gasteiger partial charge on any atom is -0.351 e. The molecule has 0 saturated carbocycles. The van der Waals surface area contributed by atoms with Gasteiger partial charge in [0.05, 0.1) is 0 Å². The van der Waals surface area contributed by atoms with E-state index >= 15 is 0 Å². The normalized spacial score (nSPS) is 9.94. The molecule has 1 amide bonds. The highest BCUT2D eigenvalue weighted by Crippen LogP contribution is 2.14. The number of carbonyl (C=O) groups excluding carboxylic acids is 1. The van der Waals surface area contributed by atoms with Crippen molar-refractivity contribution in [3.63, 3.8) is 0 Å². The molecule has 5 heteroatoms. The first kappa shape index (κ1) is 12.9. The van der Waals surface area contributed by atoms with Crippen molar-refractivity contribution in [2.75, 3.05) is 24.0 Å². The van der Waals surface area contributed by atoms with Crippen molar-refractivity contribution in [3.8, 4) is 0 Å². The third-order valence-corrected chi connectivity index (χ3v) is 2.84. The summed E-state index contributed by atoms with van der Waals surface area (Å²) in [5.74, 6) is 6.18. The molecule has 0 unspecified atom stereocenters. The highest BCUT2D eigenvalue weighted by Gasteiger charge is 2.08. The number of hydrogen-bond donors (Lipinski definition) is 3. The molecule has 0 aromatic heterocycles. The van der Waals surface area contributed by atoms with E-state index in [0.717, 1.165) is 17.0 Å². The summed E-state index contributed by atoms with van der Waals surface area (Å²) in [6.45, 7) is 2.58. The van der Waals surface area contributed by atoms with Crippen LogP contribution in [0.25, 0.3) is 0 Å². The standard InChI is InChI=1S/C11H17N3OS/c1-8-7-9(14-12)3-4-10(8)11(15)13-5-6-16-2/h3-4,7,14H,5-6,12H2,1-2H3,(H,13,15). The fourth-order valence-corrected chi connectivity index (χ4v) is 1.68. The van der Waals surface area contributed by atoms with Gasteiger partial charge in [0.1, 0.15) is 0 Å². The van der Waals surface area contributed by atoms with Crippen molar-refractivity contribution in [2.24, 2.45) is 5.84 Å². The summed E-state index contributed by atoms with van der Waals surface area (Å²) >= 11 is 1.71. The number of nitrogens with one attached hydrogen (secondary N) is 2. The molecule has 0 aliphatic heterocycles. The fraction of sp³-hybridized carbons (Fsp3) is 0.364. The number of rotatable bonds is 5. The zero-order chi connectivity index (χ0) is 12.0. The van der Waals surface area contributed by atoms with Crippen molar-refractivity contribution in [1.82, 2.24) is 5.32 Å². The van der Waals surface area contributed by atoms with Gasteiger partial charge in [0.25, 0.3) is 5.91 Å². The Balaban J connectivity index is 2.68. The highest BCUT2D eigenvalue weighted by molar-refractivity contribution is 7.98. The first-order valence-corrected chi connectivity index (χ1v) is 6.43. The largest absolute Gasteiger partial charge is 0.351 e. The van der Waals surface area contributed by atoms with Gasteiger partial charge in [-0.05, 0) is 36.9 Å². The van der Waals surface area contributed by atoms with E-state index < -0.39 is 0 Å². The molecule has 0 bridgehead atoms. The zero-order valence-corrected chi connectivity index (χ0v) is 10.4. The highest BCUT2D eigenvalue weighted by atomic mass is 32.2. The zero-order valence-electron chi connectivity index (χ0n) is 9.54. The van der Waals surface area contributed by atoms with E-state index in [-0.39, 0.29) is 5.91 Å². The first-order valence-electron chi connectivity index (χ1n) is 5.03.